The third-order valence-electron chi connectivity index (χ3n) is 9.52. The lowest BCUT2D eigenvalue weighted by molar-refractivity contribution is -0.181. The van der Waals surface area contributed by atoms with Crippen molar-refractivity contribution in [1.82, 2.24) is 20.1 Å². The predicted molar refractivity (Wildman–Crippen MR) is 186 cm³/mol. The van der Waals surface area contributed by atoms with Gasteiger partial charge in [-0.3, -0.25) is 9.48 Å². The van der Waals surface area contributed by atoms with Gasteiger partial charge in [0.2, 0.25) is 0 Å². The molecule has 1 saturated carbocycles. The molecule has 260 valence electrons. The number of ether oxygens (including phenoxy) is 5. The molecule has 1 saturated heterocycles. The third kappa shape index (κ3) is 6.68. The number of nitrogens with zero attached hydrogens (tertiary/aromatic N) is 3. The van der Waals surface area contributed by atoms with Crippen LogP contribution in [0.5, 0.6) is 17.2 Å². The Morgan fingerprint density at radius 3 is 2.40 bits per heavy atom. The summed E-state index contributed by atoms with van der Waals surface area (Å²) in [7, 11) is 4.72. The standard InChI is InChI=1S/C38H40FN5O6/c1-46-29-10-8-26(33(21-29)48-3)23-41-36-34-31(14-17-40-36)44(28-12-15-38(16-13-28)49-18-19-50-38)43-35(34)25-6-4-24(5-7-25)22-42-37(45)30-20-27(39)9-11-32(30)47-2/h4-11,14,17,20-21,28H,12-13,15-16,18-19,22-23H2,1-3H3,(H,40,41)(H,42,45). The highest BCUT2D eigenvalue weighted by molar-refractivity contribution is 6.01. The zero-order valence-corrected chi connectivity index (χ0v) is 28.3. The monoisotopic (exact) mass is 681 g/mol. The number of hydrogen-bond donors (Lipinski definition) is 2. The first-order valence-corrected chi connectivity index (χ1v) is 16.7. The molecule has 1 amide bonds. The first-order chi connectivity index (χ1) is 24.4. The van der Waals surface area contributed by atoms with Gasteiger partial charge in [0.25, 0.3) is 5.91 Å². The molecule has 3 heterocycles. The van der Waals surface area contributed by atoms with E-state index in [9.17, 15) is 9.18 Å². The molecule has 0 bridgehead atoms. The minimum atomic E-state index is -0.508. The van der Waals surface area contributed by atoms with Crippen molar-refractivity contribution < 1.29 is 32.9 Å². The number of amides is 1. The molecule has 1 aliphatic heterocycles. The largest absolute Gasteiger partial charge is 0.497 e. The number of carbonyl (C=O) groups excluding carboxylic acids is 1. The number of hydrogen-bond acceptors (Lipinski definition) is 9. The van der Waals surface area contributed by atoms with Crippen LogP contribution in [-0.2, 0) is 22.6 Å². The van der Waals surface area contributed by atoms with Crippen molar-refractivity contribution in [2.24, 2.45) is 0 Å². The molecule has 7 rings (SSSR count). The molecule has 1 aliphatic carbocycles. The van der Waals surface area contributed by atoms with Crippen molar-refractivity contribution in [2.45, 2.75) is 50.6 Å². The summed E-state index contributed by atoms with van der Waals surface area (Å²) in [6, 6.07) is 19.7. The molecule has 11 nitrogen and oxygen atoms in total. The number of halogens is 1. The lowest BCUT2D eigenvalue weighted by atomic mass is 9.90. The SMILES string of the molecule is COc1ccc(CNc2nccc3c2c(-c2ccc(CNC(=O)c4cc(F)ccc4OC)cc2)nn3C2CCC3(CC2)OCCO3)c(OC)c1. The molecule has 50 heavy (non-hydrogen) atoms. The second-order valence-electron chi connectivity index (χ2n) is 12.4. The number of aromatic nitrogens is 3. The summed E-state index contributed by atoms with van der Waals surface area (Å²) in [6.45, 7) is 2.00. The Hall–Kier alpha value is -5.20. The summed E-state index contributed by atoms with van der Waals surface area (Å²) in [5, 5.41) is 12.6. The summed E-state index contributed by atoms with van der Waals surface area (Å²) in [5.74, 6) is 1.04. The van der Waals surface area contributed by atoms with E-state index in [-0.39, 0.29) is 18.2 Å². The maximum absolute atomic E-state index is 13.9. The molecule has 5 aromatic rings. The molecule has 2 N–H and O–H groups in total. The lowest BCUT2D eigenvalue weighted by Gasteiger charge is -2.35. The van der Waals surface area contributed by atoms with Crippen LogP contribution in [0, 0.1) is 5.82 Å². The van der Waals surface area contributed by atoms with Crippen LogP contribution in [0.1, 0.15) is 53.2 Å². The molecule has 12 heteroatoms. The molecule has 3 aromatic carbocycles. The minimum Gasteiger partial charge on any atom is -0.497 e. The van der Waals surface area contributed by atoms with Gasteiger partial charge in [0.1, 0.15) is 34.6 Å². The Labute approximate surface area is 289 Å². The second kappa shape index (κ2) is 14.3. The van der Waals surface area contributed by atoms with Gasteiger partial charge in [-0.05, 0) is 54.8 Å². The van der Waals surface area contributed by atoms with Crippen LogP contribution in [0.25, 0.3) is 22.2 Å². The van der Waals surface area contributed by atoms with E-state index in [1.165, 1.54) is 25.3 Å². The minimum absolute atomic E-state index is 0.139. The lowest BCUT2D eigenvalue weighted by Crippen LogP contribution is -2.36. The van der Waals surface area contributed by atoms with Crippen LogP contribution in [0.3, 0.4) is 0 Å². The van der Waals surface area contributed by atoms with Gasteiger partial charge >= 0.3 is 0 Å². The van der Waals surface area contributed by atoms with Crippen molar-refractivity contribution >= 4 is 22.6 Å². The number of carbonyl (C=O) groups is 1. The number of methoxy groups -OCH3 is 3. The maximum atomic E-state index is 13.9. The topological polar surface area (TPSA) is 118 Å². The van der Waals surface area contributed by atoms with Crippen molar-refractivity contribution in [3.63, 3.8) is 0 Å². The van der Waals surface area contributed by atoms with Gasteiger partial charge < -0.3 is 34.3 Å². The highest BCUT2D eigenvalue weighted by Crippen LogP contribution is 2.43. The number of anilines is 1. The maximum Gasteiger partial charge on any atom is 0.255 e. The summed E-state index contributed by atoms with van der Waals surface area (Å²) >= 11 is 0. The summed E-state index contributed by atoms with van der Waals surface area (Å²) < 4.78 is 44.3. The van der Waals surface area contributed by atoms with Gasteiger partial charge in [-0.2, -0.15) is 5.10 Å². The predicted octanol–water partition coefficient (Wildman–Crippen LogP) is 6.66. The fourth-order valence-electron chi connectivity index (χ4n) is 6.87. The molecule has 2 fully saturated rings. The molecule has 2 aliphatic rings. The van der Waals surface area contributed by atoms with E-state index in [1.54, 1.807) is 14.2 Å². The third-order valence-corrected chi connectivity index (χ3v) is 9.52. The highest BCUT2D eigenvalue weighted by Gasteiger charge is 2.41. The zero-order valence-electron chi connectivity index (χ0n) is 28.3. The molecule has 1 spiro atoms. The molecule has 0 unspecified atom stereocenters. The fraction of sp³-hybridized carbons (Fsp3) is 0.342. The van der Waals surface area contributed by atoms with Gasteiger partial charge in [-0.25, -0.2) is 9.37 Å². The summed E-state index contributed by atoms with van der Waals surface area (Å²) in [6.07, 6.45) is 5.18. The Bertz CT molecular complexity index is 1980. The fourth-order valence-corrected chi connectivity index (χ4v) is 6.87. The van der Waals surface area contributed by atoms with Crippen LogP contribution in [0.15, 0.2) is 72.9 Å². The van der Waals surface area contributed by atoms with E-state index in [0.29, 0.717) is 42.8 Å². The van der Waals surface area contributed by atoms with Crippen LogP contribution in [0.2, 0.25) is 0 Å². The average molecular weight is 682 g/mol. The van der Waals surface area contributed by atoms with Crippen LogP contribution in [-0.4, -0.2) is 61.0 Å². The van der Waals surface area contributed by atoms with Crippen LogP contribution in [0.4, 0.5) is 10.2 Å². The zero-order chi connectivity index (χ0) is 34.7. The van der Waals surface area contributed by atoms with Crippen LogP contribution < -0.4 is 24.8 Å². The van der Waals surface area contributed by atoms with Crippen molar-refractivity contribution in [3.8, 4) is 28.5 Å². The van der Waals surface area contributed by atoms with Gasteiger partial charge in [0, 0.05) is 49.3 Å². The number of fused-ring (bicyclic) bond motifs is 1. The van der Waals surface area contributed by atoms with E-state index in [1.807, 2.05) is 54.7 Å². The molecule has 0 radical (unpaired) electrons. The van der Waals surface area contributed by atoms with Crippen LogP contribution >= 0.6 is 0 Å². The number of benzene rings is 3. The van der Waals surface area contributed by atoms with Crippen molar-refractivity contribution in [3.05, 3.63) is 95.4 Å². The van der Waals surface area contributed by atoms with Crippen molar-refractivity contribution in [1.29, 1.82) is 0 Å². The molecule has 0 atom stereocenters. The Morgan fingerprint density at radius 1 is 0.920 bits per heavy atom. The van der Waals surface area contributed by atoms with E-state index >= 15 is 0 Å². The first-order valence-electron chi connectivity index (χ1n) is 16.7. The van der Waals surface area contributed by atoms with Gasteiger partial charge in [-0.15, -0.1) is 0 Å². The number of rotatable bonds is 11. The van der Waals surface area contributed by atoms with Gasteiger partial charge in [-0.1, -0.05) is 24.3 Å². The summed E-state index contributed by atoms with van der Waals surface area (Å²) in [5.41, 5.74) is 4.65. The normalized spacial score (nSPS) is 15.7. The quantitative estimate of drug-likeness (QED) is 0.158. The Morgan fingerprint density at radius 2 is 1.68 bits per heavy atom. The summed E-state index contributed by atoms with van der Waals surface area (Å²) in [4.78, 5) is 17.7. The van der Waals surface area contributed by atoms with E-state index in [0.717, 1.165) is 59.0 Å². The average Bonchev–Trinajstić information content (AvgIpc) is 3.78. The first kappa shape index (κ1) is 33.3. The molecular weight excluding hydrogens is 641 g/mol. The van der Waals surface area contributed by atoms with E-state index in [2.05, 4.69) is 15.3 Å². The van der Waals surface area contributed by atoms with Crippen molar-refractivity contribution in [2.75, 3.05) is 39.9 Å². The highest BCUT2D eigenvalue weighted by atomic mass is 19.1. The number of pyridine rings is 1. The number of nitrogens with one attached hydrogen (secondary N) is 2. The van der Waals surface area contributed by atoms with E-state index < -0.39 is 17.5 Å². The smallest absolute Gasteiger partial charge is 0.255 e. The molecular formula is C38H40FN5O6. The molecule has 2 aromatic heterocycles. The Kier molecular flexibility index (Phi) is 9.55. The Balaban J connectivity index is 1.18. The van der Waals surface area contributed by atoms with Gasteiger partial charge in [0.05, 0.1) is 57.1 Å². The second-order valence-corrected chi connectivity index (χ2v) is 12.4. The van der Waals surface area contributed by atoms with E-state index in [4.69, 9.17) is 33.8 Å². The van der Waals surface area contributed by atoms with Gasteiger partial charge in [0.15, 0.2) is 5.79 Å².